The summed E-state index contributed by atoms with van der Waals surface area (Å²) in [6, 6.07) is 3.81. The fourth-order valence-corrected chi connectivity index (χ4v) is 2.17. The Bertz CT molecular complexity index is 781. The molecule has 0 saturated heterocycles. The lowest BCUT2D eigenvalue weighted by molar-refractivity contribution is 0.527. The lowest BCUT2D eigenvalue weighted by Gasteiger charge is -1.98. The molecule has 98 valence electrons. The van der Waals surface area contributed by atoms with Crippen LogP contribution in [0.5, 0.6) is 0 Å². The third-order valence-electron chi connectivity index (χ3n) is 3.00. The third kappa shape index (κ3) is 2.05. The summed E-state index contributed by atoms with van der Waals surface area (Å²) in [6.07, 6.45) is 1.96. The minimum atomic E-state index is -0.552. The zero-order valence-corrected chi connectivity index (χ0v) is 10.8. The van der Waals surface area contributed by atoms with E-state index in [1.807, 2.05) is 19.1 Å². The van der Waals surface area contributed by atoms with E-state index in [2.05, 4.69) is 27.1 Å². The molecule has 2 N–H and O–H groups in total. The molecule has 1 aromatic carbocycles. The smallest absolute Gasteiger partial charge is 0.388 e. The summed E-state index contributed by atoms with van der Waals surface area (Å²) in [5.74, 6) is 0.715. The van der Waals surface area contributed by atoms with Gasteiger partial charge in [0.1, 0.15) is 5.82 Å². The minimum absolute atomic E-state index is 0.293. The van der Waals surface area contributed by atoms with Gasteiger partial charge in [-0.15, -0.1) is 5.10 Å². The predicted octanol–water partition coefficient (Wildman–Crippen LogP) is 2.17. The highest BCUT2D eigenvalue weighted by Crippen LogP contribution is 2.24. The van der Waals surface area contributed by atoms with Gasteiger partial charge in [0.25, 0.3) is 0 Å². The van der Waals surface area contributed by atoms with E-state index in [1.54, 1.807) is 0 Å². The number of nitrogens with zero attached hydrogens (tertiary/aromatic N) is 2. The predicted molar refractivity (Wildman–Crippen MR) is 70.9 cm³/mol. The van der Waals surface area contributed by atoms with Crippen LogP contribution in [0.4, 0.5) is 0 Å². The Morgan fingerprint density at radius 1 is 1.37 bits per heavy atom. The highest BCUT2D eigenvalue weighted by molar-refractivity contribution is 5.83. The molecule has 0 aliphatic rings. The van der Waals surface area contributed by atoms with Crippen molar-refractivity contribution in [2.45, 2.75) is 26.7 Å². The van der Waals surface area contributed by atoms with Gasteiger partial charge in [-0.1, -0.05) is 6.92 Å². The molecule has 0 spiro atoms. The van der Waals surface area contributed by atoms with Gasteiger partial charge in [0.2, 0.25) is 5.89 Å². The van der Waals surface area contributed by atoms with Gasteiger partial charge >= 0.3 is 5.76 Å². The van der Waals surface area contributed by atoms with Crippen molar-refractivity contribution in [1.29, 1.82) is 0 Å². The molecule has 0 bridgehead atoms. The number of aryl methyl sites for hydroxylation is 2. The molecule has 19 heavy (non-hydrogen) atoms. The number of benzene rings is 1. The van der Waals surface area contributed by atoms with Gasteiger partial charge in [-0.2, -0.15) is 0 Å². The molecule has 0 aliphatic heterocycles. The fourth-order valence-electron chi connectivity index (χ4n) is 2.17. The fraction of sp³-hybridized carbons (Fsp3) is 0.308. The first-order valence-electron chi connectivity index (χ1n) is 6.22. The molecule has 0 aliphatic carbocycles. The molecule has 0 unspecified atom stereocenters. The first-order valence-corrected chi connectivity index (χ1v) is 6.22. The van der Waals surface area contributed by atoms with Gasteiger partial charge in [0.15, 0.2) is 0 Å². The van der Waals surface area contributed by atoms with E-state index in [4.69, 9.17) is 4.42 Å². The number of H-pyrrole nitrogens is 2. The van der Waals surface area contributed by atoms with Crippen molar-refractivity contribution in [3.63, 3.8) is 0 Å². The number of imidazole rings is 1. The van der Waals surface area contributed by atoms with E-state index < -0.39 is 5.76 Å². The van der Waals surface area contributed by atoms with Crippen molar-refractivity contribution in [3.05, 3.63) is 34.1 Å². The Kier molecular flexibility index (Phi) is 2.70. The SMILES string of the molecule is CCCc1nc2c(C)cc(-c3n[nH]c(=O)o3)cc2[nH]1. The average molecular weight is 258 g/mol. The van der Waals surface area contributed by atoms with Crippen LogP contribution in [0.15, 0.2) is 21.3 Å². The summed E-state index contributed by atoms with van der Waals surface area (Å²) in [4.78, 5) is 18.8. The van der Waals surface area contributed by atoms with E-state index in [-0.39, 0.29) is 0 Å². The summed E-state index contributed by atoms with van der Waals surface area (Å²) in [5.41, 5.74) is 3.67. The maximum Gasteiger partial charge on any atom is 0.434 e. The number of aromatic amines is 2. The summed E-state index contributed by atoms with van der Waals surface area (Å²) in [6.45, 7) is 4.09. The molecular formula is C13H14N4O2. The van der Waals surface area contributed by atoms with E-state index in [1.165, 1.54) is 0 Å². The molecule has 0 amide bonds. The second-order valence-electron chi connectivity index (χ2n) is 4.54. The number of nitrogens with one attached hydrogen (secondary N) is 2. The van der Waals surface area contributed by atoms with Crippen LogP contribution >= 0.6 is 0 Å². The molecule has 0 atom stereocenters. The van der Waals surface area contributed by atoms with Crippen molar-refractivity contribution >= 4 is 11.0 Å². The van der Waals surface area contributed by atoms with Gasteiger partial charge in [-0.3, -0.25) is 0 Å². The van der Waals surface area contributed by atoms with Gasteiger partial charge in [-0.05, 0) is 31.0 Å². The highest BCUT2D eigenvalue weighted by Gasteiger charge is 2.11. The highest BCUT2D eigenvalue weighted by atomic mass is 16.4. The largest absolute Gasteiger partial charge is 0.434 e. The molecule has 0 saturated carbocycles. The molecule has 3 rings (SSSR count). The number of hydrogen-bond donors (Lipinski definition) is 2. The van der Waals surface area contributed by atoms with Crippen LogP contribution in [0.2, 0.25) is 0 Å². The van der Waals surface area contributed by atoms with Crippen molar-refractivity contribution < 1.29 is 4.42 Å². The number of rotatable bonds is 3. The van der Waals surface area contributed by atoms with Crippen LogP contribution in [0.1, 0.15) is 24.7 Å². The second-order valence-corrected chi connectivity index (χ2v) is 4.54. The summed E-state index contributed by atoms with van der Waals surface area (Å²) < 4.78 is 4.97. The maximum atomic E-state index is 11.0. The quantitative estimate of drug-likeness (QED) is 0.753. The van der Waals surface area contributed by atoms with E-state index in [0.717, 1.165) is 40.8 Å². The van der Waals surface area contributed by atoms with Crippen LogP contribution in [-0.2, 0) is 6.42 Å². The monoisotopic (exact) mass is 258 g/mol. The van der Waals surface area contributed by atoms with E-state index in [0.29, 0.717) is 5.89 Å². The van der Waals surface area contributed by atoms with Crippen LogP contribution in [0, 0.1) is 6.92 Å². The first-order chi connectivity index (χ1) is 9.17. The normalized spacial score (nSPS) is 11.3. The molecule has 3 aromatic rings. The topological polar surface area (TPSA) is 87.6 Å². The third-order valence-corrected chi connectivity index (χ3v) is 3.00. The molecule has 2 aromatic heterocycles. The Morgan fingerprint density at radius 2 is 2.21 bits per heavy atom. The maximum absolute atomic E-state index is 11.0. The lowest BCUT2D eigenvalue weighted by atomic mass is 10.1. The number of fused-ring (bicyclic) bond motifs is 1. The van der Waals surface area contributed by atoms with Gasteiger partial charge in [0.05, 0.1) is 11.0 Å². The van der Waals surface area contributed by atoms with Crippen LogP contribution < -0.4 is 5.76 Å². The van der Waals surface area contributed by atoms with Crippen LogP contribution in [0.3, 0.4) is 0 Å². The minimum Gasteiger partial charge on any atom is -0.388 e. The van der Waals surface area contributed by atoms with Crippen LogP contribution in [-0.4, -0.2) is 20.2 Å². The molecule has 6 heteroatoms. The van der Waals surface area contributed by atoms with Crippen molar-refractivity contribution in [3.8, 4) is 11.5 Å². The van der Waals surface area contributed by atoms with Crippen molar-refractivity contribution in [2.24, 2.45) is 0 Å². The van der Waals surface area contributed by atoms with E-state index >= 15 is 0 Å². The van der Waals surface area contributed by atoms with Gasteiger partial charge in [-0.25, -0.2) is 14.9 Å². The lowest BCUT2D eigenvalue weighted by Crippen LogP contribution is -1.93. The number of aromatic nitrogens is 4. The Morgan fingerprint density at radius 3 is 2.89 bits per heavy atom. The number of hydrogen-bond acceptors (Lipinski definition) is 4. The van der Waals surface area contributed by atoms with Gasteiger partial charge < -0.3 is 9.40 Å². The van der Waals surface area contributed by atoms with Crippen molar-refractivity contribution in [2.75, 3.05) is 0 Å². The van der Waals surface area contributed by atoms with Crippen LogP contribution in [0.25, 0.3) is 22.5 Å². The average Bonchev–Trinajstić information content (AvgIpc) is 2.96. The summed E-state index contributed by atoms with van der Waals surface area (Å²) in [7, 11) is 0. The molecule has 6 nitrogen and oxygen atoms in total. The Balaban J connectivity index is 2.15. The molecule has 0 fully saturated rings. The Labute approximate surface area is 108 Å². The van der Waals surface area contributed by atoms with E-state index in [9.17, 15) is 4.79 Å². The standard InChI is InChI=1S/C13H14N4O2/c1-3-4-10-14-9-6-8(5-7(2)11(9)15-10)12-16-17-13(18)19-12/h5-6H,3-4H2,1-2H3,(H,14,15)(H,17,18). The summed E-state index contributed by atoms with van der Waals surface area (Å²) >= 11 is 0. The summed E-state index contributed by atoms with van der Waals surface area (Å²) in [5, 5.41) is 6.10. The van der Waals surface area contributed by atoms with Gasteiger partial charge in [0, 0.05) is 12.0 Å². The molecule has 0 radical (unpaired) electrons. The second kappa shape index (κ2) is 4.38. The van der Waals surface area contributed by atoms with Crippen molar-refractivity contribution in [1.82, 2.24) is 20.2 Å². The zero-order chi connectivity index (χ0) is 13.4. The molecular weight excluding hydrogens is 244 g/mol. The molecule has 2 heterocycles. The first kappa shape index (κ1) is 11.7. The Hall–Kier alpha value is -2.37. The zero-order valence-electron chi connectivity index (χ0n) is 10.8.